The minimum Gasteiger partial charge on any atom is -0.455 e. The van der Waals surface area contributed by atoms with Crippen LogP contribution in [-0.2, 0) is 30.3 Å². The van der Waals surface area contributed by atoms with Crippen LogP contribution in [0.25, 0.3) is 0 Å². The number of nitrogens with zero attached hydrogens (tertiary/aromatic N) is 3. The van der Waals surface area contributed by atoms with Crippen LogP contribution >= 0.6 is 11.3 Å². The summed E-state index contributed by atoms with van der Waals surface area (Å²) in [4.78, 5) is 76.2. The summed E-state index contributed by atoms with van der Waals surface area (Å²) in [5, 5.41) is 8.22. The Morgan fingerprint density at radius 3 is 2.36 bits per heavy atom. The lowest BCUT2D eigenvalue weighted by atomic mass is 9.83. The molecule has 328 valence electrons. The van der Waals surface area contributed by atoms with Crippen molar-refractivity contribution in [1.82, 2.24) is 30.8 Å². The smallest absolute Gasteiger partial charge is 0.303 e. The van der Waals surface area contributed by atoms with E-state index in [1.54, 1.807) is 36.3 Å². The number of hydrazine groups is 1. The Balaban J connectivity index is 1.95. The lowest BCUT2D eigenvalue weighted by molar-refractivity contribution is -0.148. The van der Waals surface area contributed by atoms with Gasteiger partial charge in [-0.1, -0.05) is 91.0 Å². The Morgan fingerprint density at radius 2 is 1.76 bits per heavy atom. The summed E-state index contributed by atoms with van der Waals surface area (Å²) >= 11 is 1.18. The Bertz CT molecular complexity index is 1710. The number of amides is 4. The molecule has 1 fully saturated rings. The fourth-order valence-corrected chi connectivity index (χ4v) is 8.50. The molecule has 0 spiro atoms. The third kappa shape index (κ3) is 14.7. The van der Waals surface area contributed by atoms with Gasteiger partial charge < -0.3 is 26.0 Å². The van der Waals surface area contributed by atoms with E-state index < -0.39 is 41.5 Å². The molecule has 4 amide bonds. The maximum absolute atomic E-state index is 14.8. The van der Waals surface area contributed by atoms with Gasteiger partial charge in [-0.05, 0) is 76.2 Å². The number of likely N-dealkylation sites (tertiary alicyclic amines) is 1. The number of hydrogen-bond donors (Lipinski definition) is 5. The predicted octanol–water partition coefficient (Wildman–Crippen LogP) is 5.84. The first-order valence-electron chi connectivity index (χ1n) is 21.2. The second kappa shape index (κ2) is 23.4. The number of carbonyl (C=O) groups is 5. The first-order valence-corrected chi connectivity index (χ1v) is 22.1. The largest absolute Gasteiger partial charge is 0.455 e. The molecular formula is C44H70N8O6S. The van der Waals surface area contributed by atoms with E-state index in [1.807, 2.05) is 40.0 Å². The maximum Gasteiger partial charge on any atom is 0.303 e. The summed E-state index contributed by atoms with van der Waals surface area (Å²) in [6, 6.07) is 5.19. The molecule has 1 aromatic heterocycles. The number of nitrogens with one attached hydrogen (secondary N) is 3. The Kier molecular flexibility index (Phi) is 19.5. The molecule has 0 saturated carbocycles. The molecule has 1 saturated heterocycles. The molecule has 3 rings (SSSR count). The van der Waals surface area contributed by atoms with Gasteiger partial charge in [0.05, 0.1) is 12.1 Å². The molecule has 2 aromatic rings. The first kappa shape index (κ1) is 49.0. The predicted molar refractivity (Wildman–Crippen MR) is 234 cm³/mol. The standard InChI is InChI=1S/C44H70N8O6S/c1-10-12-13-15-23-52(42(56)38(29(5)11-2)49-40(55)35-17-14-16-22-51(35)9)36(28(3)4)25-37(58-30(6)53)41-48-34(27-59-41)39(54)47-33(26-44(7,8)43(57)50-46)24-31-18-20-32(45)21-19-31/h18-21,27,29,33,35-38H,3,10-17,22-26,45-46H2,1-2,4-9H3,(H,47,54)(H,49,55)(H,50,57)/t29-,33?,35+,36+,37+,38-/m0/s1. The molecular weight excluding hydrogens is 769 g/mol. The van der Waals surface area contributed by atoms with Crippen molar-refractivity contribution in [3.05, 3.63) is 58.1 Å². The summed E-state index contributed by atoms with van der Waals surface area (Å²) in [5.74, 6) is 3.63. The second-order valence-electron chi connectivity index (χ2n) is 16.9. The molecule has 0 radical (unpaired) electrons. The van der Waals surface area contributed by atoms with E-state index in [0.29, 0.717) is 35.7 Å². The number of benzene rings is 1. The Labute approximate surface area is 355 Å². The van der Waals surface area contributed by atoms with Gasteiger partial charge in [0.15, 0.2) is 6.10 Å². The van der Waals surface area contributed by atoms with E-state index >= 15 is 0 Å². The van der Waals surface area contributed by atoms with Crippen LogP contribution < -0.4 is 27.6 Å². The van der Waals surface area contributed by atoms with Crippen LogP contribution in [0.4, 0.5) is 5.69 Å². The van der Waals surface area contributed by atoms with E-state index in [4.69, 9.17) is 16.3 Å². The van der Waals surface area contributed by atoms with Gasteiger partial charge in [0.25, 0.3) is 5.91 Å². The zero-order valence-electron chi connectivity index (χ0n) is 36.6. The van der Waals surface area contributed by atoms with Gasteiger partial charge in [-0.15, -0.1) is 11.3 Å². The topological polar surface area (TPSA) is 202 Å². The molecule has 14 nitrogen and oxygen atoms in total. The van der Waals surface area contributed by atoms with Gasteiger partial charge in [-0.2, -0.15) is 0 Å². The number of piperidine rings is 1. The molecule has 1 aliphatic heterocycles. The number of esters is 1. The van der Waals surface area contributed by atoms with Gasteiger partial charge in [-0.3, -0.25) is 34.3 Å². The average Bonchev–Trinajstić information content (AvgIpc) is 3.69. The minimum atomic E-state index is -0.908. The second-order valence-corrected chi connectivity index (χ2v) is 17.8. The monoisotopic (exact) mass is 839 g/mol. The van der Waals surface area contributed by atoms with Crippen LogP contribution in [0.15, 0.2) is 41.8 Å². The number of ether oxygens (including phenoxy) is 1. The van der Waals surface area contributed by atoms with Crippen molar-refractivity contribution in [3.8, 4) is 0 Å². The lowest BCUT2D eigenvalue weighted by Gasteiger charge is -2.39. The van der Waals surface area contributed by atoms with E-state index in [2.05, 4.69) is 39.4 Å². The van der Waals surface area contributed by atoms with Gasteiger partial charge in [-0.25, -0.2) is 10.8 Å². The fraction of sp³-hybridized carbons (Fsp3) is 0.636. The summed E-state index contributed by atoms with van der Waals surface area (Å²) < 4.78 is 5.90. The molecule has 1 unspecified atom stereocenters. The van der Waals surface area contributed by atoms with Crippen molar-refractivity contribution in [2.24, 2.45) is 17.2 Å². The highest BCUT2D eigenvalue weighted by Gasteiger charge is 2.38. The van der Waals surface area contributed by atoms with E-state index in [0.717, 1.165) is 57.1 Å². The van der Waals surface area contributed by atoms with Crippen molar-refractivity contribution in [2.45, 2.75) is 149 Å². The van der Waals surface area contributed by atoms with Crippen molar-refractivity contribution in [2.75, 3.05) is 25.9 Å². The Hall–Kier alpha value is -4.34. The van der Waals surface area contributed by atoms with Crippen LogP contribution in [0.2, 0.25) is 0 Å². The molecule has 2 heterocycles. The molecule has 0 bridgehead atoms. The highest BCUT2D eigenvalue weighted by Crippen LogP contribution is 2.32. The molecule has 15 heteroatoms. The molecule has 7 N–H and O–H groups in total. The zero-order valence-corrected chi connectivity index (χ0v) is 37.4. The number of likely N-dealkylation sites (N-methyl/N-ethyl adjacent to an activating group) is 1. The number of thiazole rings is 1. The van der Waals surface area contributed by atoms with Crippen LogP contribution in [-0.4, -0.2) is 88.7 Å². The highest BCUT2D eigenvalue weighted by atomic mass is 32.1. The molecule has 1 aliphatic rings. The van der Waals surface area contributed by atoms with Crippen molar-refractivity contribution < 1.29 is 28.7 Å². The van der Waals surface area contributed by atoms with Crippen molar-refractivity contribution in [3.63, 3.8) is 0 Å². The van der Waals surface area contributed by atoms with E-state index in [9.17, 15) is 24.0 Å². The van der Waals surface area contributed by atoms with Gasteiger partial charge in [0, 0.05) is 42.4 Å². The summed E-state index contributed by atoms with van der Waals surface area (Å²) in [7, 11) is 1.95. The minimum absolute atomic E-state index is 0.122. The summed E-state index contributed by atoms with van der Waals surface area (Å²) in [6.07, 6.45) is 7.05. The summed E-state index contributed by atoms with van der Waals surface area (Å²) in [5.41, 5.74) is 9.55. The van der Waals surface area contributed by atoms with Gasteiger partial charge >= 0.3 is 5.97 Å². The molecule has 1 aromatic carbocycles. The van der Waals surface area contributed by atoms with E-state index in [1.165, 1.54) is 18.3 Å². The van der Waals surface area contributed by atoms with Crippen LogP contribution in [0.5, 0.6) is 0 Å². The van der Waals surface area contributed by atoms with Crippen molar-refractivity contribution in [1.29, 1.82) is 0 Å². The van der Waals surface area contributed by atoms with Crippen LogP contribution in [0, 0.1) is 11.3 Å². The van der Waals surface area contributed by atoms with Crippen molar-refractivity contribution >= 4 is 46.6 Å². The average molecular weight is 839 g/mol. The van der Waals surface area contributed by atoms with Crippen LogP contribution in [0.1, 0.15) is 140 Å². The molecule has 6 atom stereocenters. The normalized spacial score (nSPS) is 17.1. The van der Waals surface area contributed by atoms with Gasteiger partial charge in [0.1, 0.15) is 16.7 Å². The van der Waals surface area contributed by atoms with Crippen LogP contribution in [0.3, 0.4) is 0 Å². The number of nitrogens with two attached hydrogens (primary N) is 2. The number of nitrogen functional groups attached to an aromatic ring is 1. The molecule has 59 heavy (non-hydrogen) atoms. The summed E-state index contributed by atoms with van der Waals surface area (Å²) in [6.45, 7) is 18.4. The highest BCUT2D eigenvalue weighted by molar-refractivity contribution is 7.09. The number of aromatic nitrogens is 1. The quantitative estimate of drug-likeness (QED) is 0.0172. The number of unbranched alkanes of at least 4 members (excludes halogenated alkanes) is 3. The number of carbonyl (C=O) groups excluding carboxylic acids is 5. The number of anilines is 1. The maximum atomic E-state index is 14.8. The lowest BCUT2D eigenvalue weighted by Crippen LogP contribution is -2.58. The zero-order chi connectivity index (χ0) is 43.9. The third-order valence-corrected chi connectivity index (χ3v) is 12.3. The fourth-order valence-electron chi connectivity index (χ4n) is 7.66. The third-order valence-electron chi connectivity index (χ3n) is 11.4. The molecule has 0 aliphatic carbocycles. The Morgan fingerprint density at radius 1 is 1.07 bits per heavy atom. The SMILES string of the molecule is C=C(C)[C@@H](C[C@@H](OC(C)=O)c1nc(C(=O)NC(Cc2ccc(N)cc2)CC(C)(C)C(=O)NN)cs1)N(CCCCCC)C(=O)[C@@H](NC(=O)[C@H]1CCCCN1C)[C@@H](C)CC. The number of hydrogen-bond acceptors (Lipinski definition) is 11. The number of rotatable bonds is 23. The van der Waals surface area contributed by atoms with Gasteiger partial charge in [0.2, 0.25) is 17.7 Å². The van der Waals surface area contributed by atoms with E-state index in [-0.39, 0.29) is 48.2 Å². The first-order chi connectivity index (χ1) is 27.9.